The highest BCUT2D eigenvalue weighted by atomic mass is 19.1. The Kier molecular flexibility index (Phi) is 3.44. The van der Waals surface area contributed by atoms with Gasteiger partial charge in [0.25, 0.3) is 0 Å². The Morgan fingerprint density at radius 2 is 2.25 bits per heavy atom. The van der Waals surface area contributed by atoms with E-state index in [2.05, 4.69) is 5.32 Å². The van der Waals surface area contributed by atoms with Gasteiger partial charge in [0.2, 0.25) is 0 Å². The molecule has 2 rings (SSSR count). The van der Waals surface area contributed by atoms with E-state index < -0.39 is 0 Å². The molecule has 1 aromatic rings. The average molecular weight is 223 g/mol. The molecule has 1 saturated heterocycles. The number of benzene rings is 1. The molecule has 2 nitrogen and oxygen atoms in total. The van der Waals surface area contributed by atoms with Crippen LogP contribution in [0, 0.1) is 12.7 Å². The van der Waals surface area contributed by atoms with Crippen LogP contribution in [0.2, 0.25) is 0 Å². The molecule has 0 bridgehead atoms. The van der Waals surface area contributed by atoms with Gasteiger partial charge in [-0.3, -0.25) is 0 Å². The van der Waals surface area contributed by atoms with E-state index in [-0.39, 0.29) is 11.7 Å². The van der Waals surface area contributed by atoms with E-state index in [1.807, 2.05) is 13.0 Å². The summed E-state index contributed by atoms with van der Waals surface area (Å²) in [6, 6.07) is 3.50. The van der Waals surface area contributed by atoms with Gasteiger partial charge in [-0.05, 0) is 44.0 Å². The van der Waals surface area contributed by atoms with Crippen molar-refractivity contribution in [3.05, 3.63) is 29.1 Å². The van der Waals surface area contributed by atoms with Gasteiger partial charge in [0.1, 0.15) is 11.6 Å². The Morgan fingerprint density at radius 1 is 1.44 bits per heavy atom. The van der Waals surface area contributed by atoms with Crippen molar-refractivity contribution < 1.29 is 9.13 Å². The van der Waals surface area contributed by atoms with Crippen LogP contribution in [0.3, 0.4) is 0 Å². The molecule has 1 aromatic carbocycles. The molecule has 16 heavy (non-hydrogen) atoms. The van der Waals surface area contributed by atoms with Crippen molar-refractivity contribution in [2.24, 2.45) is 0 Å². The largest absolute Gasteiger partial charge is 0.496 e. The van der Waals surface area contributed by atoms with Gasteiger partial charge < -0.3 is 10.1 Å². The van der Waals surface area contributed by atoms with E-state index in [4.69, 9.17) is 4.74 Å². The van der Waals surface area contributed by atoms with Crippen LogP contribution < -0.4 is 10.1 Å². The Morgan fingerprint density at radius 3 is 2.88 bits per heavy atom. The third-order valence-corrected chi connectivity index (χ3v) is 3.16. The van der Waals surface area contributed by atoms with Gasteiger partial charge in [-0.1, -0.05) is 0 Å². The van der Waals surface area contributed by atoms with Crippen molar-refractivity contribution >= 4 is 0 Å². The number of halogens is 1. The number of hydrogen-bond donors (Lipinski definition) is 1. The second-order valence-electron chi connectivity index (χ2n) is 4.41. The predicted molar refractivity (Wildman–Crippen MR) is 62.5 cm³/mol. The minimum absolute atomic E-state index is 0.134. The highest BCUT2D eigenvalue weighted by Gasteiger charge is 2.22. The van der Waals surface area contributed by atoms with Crippen molar-refractivity contribution in [2.45, 2.75) is 25.7 Å². The van der Waals surface area contributed by atoms with Gasteiger partial charge in [-0.2, -0.15) is 0 Å². The van der Waals surface area contributed by atoms with Crippen molar-refractivity contribution in [3.8, 4) is 5.75 Å². The lowest BCUT2D eigenvalue weighted by Gasteiger charge is -2.25. The van der Waals surface area contributed by atoms with Crippen LogP contribution >= 0.6 is 0 Å². The first-order chi connectivity index (χ1) is 7.72. The van der Waals surface area contributed by atoms with Gasteiger partial charge in [0, 0.05) is 18.0 Å². The van der Waals surface area contributed by atoms with Gasteiger partial charge in [-0.15, -0.1) is 0 Å². The number of hydrogen-bond acceptors (Lipinski definition) is 2. The zero-order chi connectivity index (χ0) is 11.5. The first-order valence-electron chi connectivity index (χ1n) is 5.77. The summed E-state index contributed by atoms with van der Waals surface area (Å²) in [6.45, 7) is 3.76. The van der Waals surface area contributed by atoms with Crippen LogP contribution in [0.1, 0.15) is 29.9 Å². The average Bonchev–Trinajstić information content (AvgIpc) is 2.29. The number of piperidine rings is 1. The van der Waals surface area contributed by atoms with E-state index in [1.54, 1.807) is 13.2 Å². The van der Waals surface area contributed by atoms with Crippen LogP contribution in [0.25, 0.3) is 0 Å². The molecule has 0 aromatic heterocycles. The second-order valence-corrected chi connectivity index (χ2v) is 4.41. The summed E-state index contributed by atoms with van der Waals surface area (Å²) < 4.78 is 19.3. The first-order valence-corrected chi connectivity index (χ1v) is 5.77. The molecule has 1 atom stereocenters. The summed E-state index contributed by atoms with van der Waals surface area (Å²) in [5.74, 6) is 0.793. The number of nitrogens with one attached hydrogen (secondary N) is 1. The molecule has 0 spiro atoms. The number of aryl methyl sites for hydroxylation is 1. The normalized spacial score (nSPS) is 20.8. The highest BCUT2D eigenvalue weighted by Crippen LogP contribution is 2.34. The Hall–Kier alpha value is -1.09. The number of rotatable bonds is 2. The summed E-state index contributed by atoms with van der Waals surface area (Å²) in [5.41, 5.74) is 1.64. The third-order valence-electron chi connectivity index (χ3n) is 3.16. The standard InChI is InChI=1S/C13H18FNO/c1-9-6-11(14)13(12(7-9)16-2)10-4-3-5-15-8-10/h6-7,10,15H,3-5,8H2,1-2H3. The summed E-state index contributed by atoms with van der Waals surface area (Å²) in [6.07, 6.45) is 2.13. The lowest BCUT2D eigenvalue weighted by molar-refractivity contribution is 0.382. The van der Waals surface area contributed by atoms with Crippen molar-refractivity contribution in [1.82, 2.24) is 5.32 Å². The Bertz CT molecular complexity index is 372. The van der Waals surface area contributed by atoms with E-state index in [9.17, 15) is 4.39 Å². The summed E-state index contributed by atoms with van der Waals surface area (Å²) in [5, 5.41) is 3.30. The molecule has 3 heteroatoms. The van der Waals surface area contributed by atoms with Crippen molar-refractivity contribution in [2.75, 3.05) is 20.2 Å². The fraction of sp³-hybridized carbons (Fsp3) is 0.538. The lowest BCUT2D eigenvalue weighted by Crippen LogP contribution is -2.29. The molecule has 0 amide bonds. The quantitative estimate of drug-likeness (QED) is 0.832. The SMILES string of the molecule is COc1cc(C)cc(F)c1C1CCCNC1. The molecule has 88 valence electrons. The number of ether oxygens (including phenoxy) is 1. The second kappa shape index (κ2) is 4.83. The van der Waals surface area contributed by atoms with Gasteiger partial charge >= 0.3 is 0 Å². The van der Waals surface area contributed by atoms with Gasteiger partial charge in [0.15, 0.2) is 0 Å². The minimum Gasteiger partial charge on any atom is -0.496 e. The van der Waals surface area contributed by atoms with Gasteiger partial charge in [-0.25, -0.2) is 4.39 Å². The highest BCUT2D eigenvalue weighted by molar-refractivity contribution is 5.41. The molecular weight excluding hydrogens is 205 g/mol. The van der Waals surface area contributed by atoms with Crippen LogP contribution in [-0.2, 0) is 0 Å². The Labute approximate surface area is 95.8 Å². The molecule has 1 N–H and O–H groups in total. The maximum atomic E-state index is 14.0. The van der Waals surface area contributed by atoms with Crippen molar-refractivity contribution in [1.29, 1.82) is 0 Å². The van der Waals surface area contributed by atoms with E-state index in [1.165, 1.54) is 0 Å². The van der Waals surface area contributed by atoms with Crippen LogP contribution in [-0.4, -0.2) is 20.2 Å². The summed E-state index contributed by atoms with van der Waals surface area (Å²) in [4.78, 5) is 0. The molecule has 0 aliphatic carbocycles. The maximum Gasteiger partial charge on any atom is 0.130 e. The molecule has 1 heterocycles. The molecular formula is C13H18FNO. The smallest absolute Gasteiger partial charge is 0.130 e. The predicted octanol–water partition coefficient (Wildman–Crippen LogP) is 2.61. The molecule has 0 radical (unpaired) electrons. The third kappa shape index (κ3) is 2.19. The van der Waals surface area contributed by atoms with E-state index >= 15 is 0 Å². The fourth-order valence-electron chi connectivity index (χ4n) is 2.38. The molecule has 0 saturated carbocycles. The Balaban J connectivity index is 2.37. The van der Waals surface area contributed by atoms with Crippen molar-refractivity contribution in [3.63, 3.8) is 0 Å². The summed E-state index contributed by atoms with van der Waals surface area (Å²) in [7, 11) is 1.61. The van der Waals surface area contributed by atoms with E-state index in [0.717, 1.165) is 37.1 Å². The van der Waals surface area contributed by atoms with Crippen LogP contribution in [0.5, 0.6) is 5.75 Å². The molecule has 1 aliphatic heterocycles. The van der Waals surface area contributed by atoms with E-state index in [0.29, 0.717) is 5.75 Å². The maximum absolute atomic E-state index is 14.0. The van der Waals surface area contributed by atoms with Crippen LogP contribution in [0.4, 0.5) is 4.39 Å². The number of methoxy groups -OCH3 is 1. The minimum atomic E-state index is -0.134. The fourth-order valence-corrected chi connectivity index (χ4v) is 2.38. The molecule has 1 unspecified atom stereocenters. The topological polar surface area (TPSA) is 21.3 Å². The zero-order valence-corrected chi connectivity index (χ0v) is 9.85. The lowest BCUT2D eigenvalue weighted by atomic mass is 9.90. The molecule has 1 aliphatic rings. The monoisotopic (exact) mass is 223 g/mol. The van der Waals surface area contributed by atoms with Gasteiger partial charge in [0.05, 0.1) is 7.11 Å². The zero-order valence-electron chi connectivity index (χ0n) is 9.85. The summed E-state index contributed by atoms with van der Waals surface area (Å²) >= 11 is 0. The first kappa shape index (κ1) is 11.4. The molecule has 1 fully saturated rings. The van der Waals surface area contributed by atoms with Crippen LogP contribution in [0.15, 0.2) is 12.1 Å².